The van der Waals surface area contributed by atoms with E-state index in [1.54, 1.807) is 33.4 Å². The minimum absolute atomic E-state index is 0.570. The first-order valence-corrected chi connectivity index (χ1v) is 27.6. The van der Waals surface area contributed by atoms with Gasteiger partial charge in [-0.2, -0.15) is 0 Å². The first-order valence-electron chi connectivity index (χ1n) is 12.7. The van der Waals surface area contributed by atoms with Gasteiger partial charge in [0.05, 0.1) is 0 Å². The zero-order valence-corrected chi connectivity index (χ0v) is 25.6. The normalized spacial score (nSPS) is 21.5. The molecule has 4 rings (SSSR count). The molecule has 0 amide bonds. The Morgan fingerprint density at radius 1 is 0.688 bits per heavy atom. The van der Waals surface area contributed by atoms with E-state index in [9.17, 15) is 0 Å². The molecule has 2 aliphatic rings. The van der Waals surface area contributed by atoms with Crippen molar-refractivity contribution in [2.45, 2.75) is 83.0 Å². The van der Waals surface area contributed by atoms with E-state index >= 15 is 0 Å². The van der Waals surface area contributed by atoms with Crippen molar-refractivity contribution < 1.29 is 17.9 Å². The summed E-state index contributed by atoms with van der Waals surface area (Å²) < 4.78 is 7.05. The Morgan fingerprint density at radius 3 is 1.38 bits per heavy atom. The summed E-state index contributed by atoms with van der Waals surface area (Å²) in [5.41, 5.74) is 12.8. The molecule has 0 fully saturated rings. The molecule has 2 aromatic carbocycles. The van der Waals surface area contributed by atoms with Gasteiger partial charge in [0.2, 0.25) is 0 Å². The van der Waals surface area contributed by atoms with Crippen molar-refractivity contribution >= 4 is 18.1 Å². The fraction of sp³-hybridized carbons (Fsp3) is 0.467. The maximum absolute atomic E-state index is 3.41. The number of fused-ring (bicyclic) bond motifs is 2. The van der Waals surface area contributed by atoms with Gasteiger partial charge in [0.1, 0.15) is 0 Å². The van der Waals surface area contributed by atoms with Crippen LogP contribution in [0.5, 0.6) is 0 Å². The molecule has 0 spiro atoms. The van der Waals surface area contributed by atoms with E-state index in [0.29, 0.717) is 19.1 Å². The van der Waals surface area contributed by atoms with Crippen molar-refractivity contribution in [3.05, 3.63) is 80.9 Å². The zero-order valence-electron chi connectivity index (χ0n) is 22.0. The molecule has 0 bridgehead atoms. The topological polar surface area (TPSA) is 0 Å². The second-order valence-electron chi connectivity index (χ2n) is 12.5. The SMILES string of the molecule is CC1=Cc2c(C(C)C)cccc2[CH]1[Zr]([CH3])([CH3])([CH]1C(C)=Cc2c(C(C)C)cccc21)[SiH](C)C. The van der Waals surface area contributed by atoms with E-state index < -0.39 is 23.9 Å². The van der Waals surface area contributed by atoms with Gasteiger partial charge in [0, 0.05) is 0 Å². The van der Waals surface area contributed by atoms with Gasteiger partial charge in [0.15, 0.2) is 0 Å². The van der Waals surface area contributed by atoms with Crippen LogP contribution < -0.4 is 0 Å². The van der Waals surface area contributed by atoms with Gasteiger partial charge >= 0.3 is 200 Å². The van der Waals surface area contributed by atoms with Crippen LogP contribution in [0.1, 0.15) is 94.0 Å². The fourth-order valence-corrected chi connectivity index (χ4v) is 38.2. The molecule has 2 heteroatoms. The minimum atomic E-state index is -3.41. The van der Waals surface area contributed by atoms with Crippen LogP contribution in [0.25, 0.3) is 12.2 Å². The van der Waals surface area contributed by atoms with Gasteiger partial charge in [-0.05, 0) is 0 Å². The van der Waals surface area contributed by atoms with E-state index in [2.05, 4.69) is 112 Å². The number of hydrogen-bond acceptors (Lipinski definition) is 0. The predicted octanol–water partition coefficient (Wildman–Crippen LogP) is 9.32. The zero-order chi connectivity index (χ0) is 23.6. The van der Waals surface area contributed by atoms with Gasteiger partial charge in [-0.25, -0.2) is 0 Å². The molecule has 2 aliphatic carbocycles. The molecule has 0 N–H and O–H groups in total. The molecule has 2 atom stereocenters. The Kier molecular flexibility index (Phi) is 6.08. The van der Waals surface area contributed by atoms with Crippen LogP contribution in [0.3, 0.4) is 0 Å². The van der Waals surface area contributed by atoms with Gasteiger partial charge < -0.3 is 0 Å². The van der Waals surface area contributed by atoms with Crippen molar-refractivity contribution in [2.24, 2.45) is 0 Å². The van der Waals surface area contributed by atoms with Gasteiger partial charge in [-0.15, -0.1) is 0 Å². The van der Waals surface area contributed by atoms with Crippen LogP contribution in [-0.2, 0) is 17.9 Å². The summed E-state index contributed by atoms with van der Waals surface area (Å²) in [7, 11) is 0. The number of benzene rings is 2. The number of hydrogen-bond donors (Lipinski definition) is 0. The Balaban J connectivity index is 1.99. The summed E-state index contributed by atoms with van der Waals surface area (Å²) in [4.78, 5) is 0. The predicted molar refractivity (Wildman–Crippen MR) is 144 cm³/mol. The van der Waals surface area contributed by atoms with Crippen molar-refractivity contribution in [1.29, 1.82) is 0 Å². The summed E-state index contributed by atoms with van der Waals surface area (Å²) in [5, 5.41) is 0. The third-order valence-corrected chi connectivity index (χ3v) is 56.7. The number of rotatable bonds is 5. The average Bonchev–Trinajstić information content (AvgIpc) is 3.23. The van der Waals surface area contributed by atoms with E-state index in [1.807, 2.05) is 0 Å². The van der Waals surface area contributed by atoms with Crippen LogP contribution in [0, 0.1) is 0 Å². The van der Waals surface area contributed by atoms with E-state index in [4.69, 9.17) is 0 Å². The molecule has 0 radical (unpaired) electrons. The maximum atomic E-state index is 2.86. The summed E-state index contributed by atoms with van der Waals surface area (Å²) in [6, 6.07) is 14.4. The standard InChI is InChI=1S/2C13H15.C2H7Si.2CH3.Zr/c2*1-9(2)12-6-4-5-11-7-10(3)8-13(11)12;1-3-2;;;/h2*4-9H,1-3H3;3H,1-2H3;2*1H3;. The van der Waals surface area contributed by atoms with Crippen LogP contribution in [0.4, 0.5) is 0 Å². The monoisotopic (exact) mass is 521 g/mol. The summed E-state index contributed by atoms with van der Waals surface area (Å²) in [6.45, 7) is 19.7. The third kappa shape index (κ3) is 3.31. The molecule has 2 unspecified atom stereocenters. The quantitative estimate of drug-likeness (QED) is 0.343. The second kappa shape index (κ2) is 8.06. The molecular weight excluding hydrogens is 480 g/mol. The molecule has 0 nitrogen and oxygen atoms in total. The van der Waals surface area contributed by atoms with Crippen LogP contribution >= 0.6 is 0 Å². The molecule has 0 aromatic heterocycles. The van der Waals surface area contributed by atoms with E-state index in [1.165, 1.54) is 11.1 Å². The van der Waals surface area contributed by atoms with Crippen molar-refractivity contribution in [3.8, 4) is 0 Å². The van der Waals surface area contributed by atoms with Crippen molar-refractivity contribution in [3.63, 3.8) is 0 Å². The summed E-state index contributed by atoms with van der Waals surface area (Å²) in [6.07, 6.45) is 5.15. The Labute approximate surface area is 198 Å². The third-order valence-electron chi connectivity index (χ3n) is 9.51. The van der Waals surface area contributed by atoms with Crippen LogP contribution in [0.15, 0.2) is 47.5 Å². The van der Waals surface area contributed by atoms with Crippen molar-refractivity contribution in [2.75, 3.05) is 0 Å². The summed E-state index contributed by atoms with van der Waals surface area (Å²) >= 11 is -3.41. The molecule has 0 saturated heterocycles. The molecule has 2 aromatic rings. The van der Waals surface area contributed by atoms with E-state index in [-0.39, 0.29) is 0 Å². The van der Waals surface area contributed by atoms with Crippen LogP contribution in [0.2, 0.25) is 22.4 Å². The van der Waals surface area contributed by atoms with Crippen molar-refractivity contribution in [1.82, 2.24) is 0 Å². The molecule has 171 valence electrons. The van der Waals surface area contributed by atoms with Gasteiger partial charge in [0.25, 0.3) is 0 Å². The molecular formula is C30H43SiZr. The molecule has 0 aliphatic heterocycles. The van der Waals surface area contributed by atoms with Crippen LogP contribution in [-0.4, -0.2) is 5.92 Å². The average molecular weight is 523 g/mol. The molecule has 0 saturated carbocycles. The van der Waals surface area contributed by atoms with E-state index in [0.717, 1.165) is 0 Å². The van der Waals surface area contributed by atoms with Gasteiger partial charge in [-0.3, -0.25) is 0 Å². The Hall–Kier alpha value is -0.980. The van der Waals surface area contributed by atoms with Gasteiger partial charge in [-0.1, -0.05) is 0 Å². The molecule has 32 heavy (non-hydrogen) atoms. The number of allylic oxidation sites excluding steroid dienone is 2. The molecule has 0 heterocycles. The first-order chi connectivity index (χ1) is 14.9. The fourth-order valence-electron chi connectivity index (χ4n) is 7.41. The Bertz CT molecular complexity index is 1050. The second-order valence-corrected chi connectivity index (χ2v) is 50.4. The Morgan fingerprint density at radius 2 is 1.06 bits per heavy atom. The summed E-state index contributed by atoms with van der Waals surface area (Å²) in [5.74, 6) is 0.171. The first kappa shape index (κ1) is 24.2.